The number of pyridine rings is 1. The zero-order chi connectivity index (χ0) is 14.5. The van der Waals surface area contributed by atoms with Gasteiger partial charge in [0.2, 0.25) is 0 Å². The van der Waals surface area contributed by atoms with Crippen LogP contribution < -0.4 is 0 Å². The number of fused-ring (bicyclic) bond motifs is 1. The summed E-state index contributed by atoms with van der Waals surface area (Å²) in [6.45, 7) is 7.84. The Bertz CT molecular complexity index is 451. The maximum absolute atomic E-state index is 6.05. The molecule has 0 aromatic carbocycles. The third kappa shape index (κ3) is 3.51. The molecule has 2 fully saturated rings. The van der Waals surface area contributed by atoms with Crippen molar-refractivity contribution in [2.75, 3.05) is 26.4 Å². The standard InChI is InChI=1S/C17H24N2O2/c1-2-10-20-13-14-6-7-16-17(14)21-11-9-19(16)12-15-5-3-4-8-18-15/h2-5,8,14,16-17H,1,6-7,9-13H2/t14-,16+,17-/m0/s1. The van der Waals surface area contributed by atoms with Gasteiger partial charge in [0.25, 0.3) is 0 Å². The third-order valence-electron chi connectivity index (χ3n) is 4.49. The number of nitrogens with zero attached hydrogens (tertiary/aromatic N) is 2. The smallest absolute Gasteiger partial charge is 0.0781 e. The Kier molecular flexibility index (Phi) is 5.01. The Balaban J connectivity index is 1.59. The summed E-state index contributed by atoms with van der Waals surface area (Å²) >= 11 is 0. The second-order valence-electron chi connectivity index (χ2n) is 5.86. The highest BCUT2D eigenvalue weighted by molar-refractivity contribution is 5.05. The van der Waals surface area contributed by atoms with E-state index in [4.69, 9.17) is 9.47 Å². The molecule has 3 rings (SSSR count). The summed E-state index contributed by atoms with van der Waals surface area (Å²) in [7, 11) is 0. The first-order valence-electron chi connectivity index (χ1n) is 7.82. The highest BCUT2D eigenvalue weighted by Gasteiger charge is 2.42. The van der Waals surface area contributed by atoms with Gasteiger partial charge in [-0.2, -0.15) is 0 Å². The van der Waals surface area contributed by atoms with Crippen molar-refractivity contribution >= 4 is 0 Å². The molecule has 0 spiro atoms. The van der Waals surface area contributed by atoms with Gasteiger partial charge in [-0.15, -0.1) is 6.58 Å². The molecule has 21 heavy (non-hydrogen) atoms. The van der Waals surface area contributed by atoms with Crippen LogP contribution in [0.2, 0.25) is 0 Å². The van der Waals surface area contributed by atoms with Crippen LogP contribution in [0.1, 0.15) is 18.5 Å². The lowest BCUT2D eigenvalue weighted by atomic mass is 10.0. The predicted octanol–water partition coefficient (Wildman–Crippen LogP) is 2.26. The fraction of sp³-hybridized carbons (Fsp3) is 0.588. The number of hydrogen-bond acceptors (Lipinski definition) is 4. The minimum atomic E-state index is 0.312. The van der Waals surface area contributed by atoms with Crippen LogP contribution in [-0.4, -0.2) is 48.4 Å². The normalized spacial score (nSPS) is 29.2. The van der Waals surface area contributed by atoms with Crippen LogP contribution in [0.5, 0.6) is 0 Å². The lowest BCUT2D eigenvalue weighted by Crippen LogP contribution is -2.50. The Hall–Kier alpha value is -1.23. The molecule has 0 unspecified atom stereocenters. The van der Waals surface area contributed by atoms with Gasteiger partial charge in [-0.05, 0) is 25.0 Å². The van der Waals surface area contributed by atoms with Gasteiger partial charge in [0.05, 0.1) is 31.6 Å². The van der Waals surface area contributed by atoms with Gasteiger partial charge in [-0.25, -0.2) is 0 Å². The molecule has 4 nitrogen and oxygen atoms in total. The Labute approximate surface area is 126 Å². The molecule has 1 saturated carbocycles. The fourth-order valence-electron chi connectivity index (χ4n) is 3.51. The quantitative estimate of drug-likeness (QED) is 0.594. The van der Waals surface area contributed by atoms with Crippen molar-refractivity contribution in [1.82, 2.24) is 9.88 Å². The maximum Gasteiger partial charge on any atom is 0.0781 e. The van der Waals surface area contributed by atoms with E-state index in [9.17, 15) is 0 Å². The summed E-state index contributed by atoms with van der Waals surface area (Å²) in [6.07, 6.45) is 6.37. The van der Waals surface area contributed by atoms with E-state index < -0.39 is 0 Å². The lowest BCUT2D eigenvalue weighted by Gasteiger charge is -2.39. The number of rotatable bonds is 6. The average molecular weight is 288 g/mol. The second kappa shape index (κ2) is 7.16. The van der Waals surface area contributed by atoms with Gasteiger partial charge >= 0.3 is 0 Å². The second-order valence-corrected chi connectivity index (χ2v) is 5.86. The largest absolute Gasteiger partial charge is 0.377 e. The summed E-state index contributed by atoms with van der Waals surface area (Å²) in [5.74, 6) is 0.515. The van der Waals surface area contributed by atoms with E-state index in [0.717, 1.165) is 32.0 Å². The van der Waals surface area contributed by atoms with Gasteiger partial charge in [-0.3, -0.25) is 9.88 Å². The minimum Gasteiger partial charge on any atom is -0.377 e. The molecular weight excluding hydrogens is 264 g/mol. The van der Waals surface area contributed by atoms with Gasteiger partial charge in [0, 0.05) is 31.2 Å². The molecule has 3 atom stereocenters. The van der Waals surface area contributed by atoms with E-state index in [2.05, 4.69) is 28.6 Å². The van der Waals surface area contributed by atoms with Crippen LogP contribution >= 0.6 is 0 Å². The molecule has 4 heteroatoms. The van der Waals surface area contributed by atoms with Crippen LogP contribution in [-0.2, 0) is 16.0 Å². The Morgan fingerprint density at radius 1 is 1.43 bits per heavy atom. The number of morpholine rings is 1. The van der Waals surface area contributed by atoms with Crippen molar-refractivity contribution < 1.29 is 9.47 Å². The van der Waals surface area contributed by atoms with Crippen molar-refractivity contribution in [3.05, 3.63) is 42.7 Å². The van der Waals surface area contributed by atoms with E-state index in [1.807, 2.05) is 18.3 Å². The molecular formula is C17H24N2O2. The molecule has 1 aromatic heterocycles. The number of aromatic nitrogens is 1. The first kappa shape index (κ1) is 14.7. The number of ether oxygens (including phenoxy) is 2. The van der Waals surface area contributed by atoms with Crippen molar-refractivity contribution in [3.8, 4) is 0 Å². The molecule has 1 aromatic rings. The van der Waals surface area contributed by atoms with E-state index in [1.54, 1.807) is 0 Å². The van der Waals surface area contributed by atoms with Crippen molar-refractivity contribution in [1.29, 1.82) is 0 Å². The molecule has 1 saturated heterocycles. The molecule has 0 radical (unpaired) electrons. The highest BCUT2D eigenvalue weighted by atomic mass is 16.5. The van der Waals surface area contributed by atoms with E-state index in [1.165, 1.54) is 12.8 Å². The first-order valence-corrected chi connectivity index (χ1v) is 7.82. The van der Waals surface area contributed by atoms with E-state index in [-0.39, 0.29) is 0 Å². The minimum absolute atomic E-state index is 0.312. The van der Waals surface area contributed by atoms with Crippen LogP contribution in [0.3, 0.4) is 0 Å². The topological polar surface area (TPSA) is 34.6 Å². The van der Waals surface area contributed by atoms with Crippen molar-refractivity contribution in [2.24, 2.45) is 5.92 Å². The van der Waals surface area contributed by atoms with Gasteiger partial charge in [0.15, 0.2) is 0 Å². The van der Waals surface area contributed by atoms with Crippen LogP contribution in [0, 0.1) is 5.92 Å². The van der Waals surface area contributed by atoms with Gasteiger partial charge in [-0.1, -0.05) is 12.1 Å². The summed E-state index contributed by atoms with van der Waals surface area (Å²) in [6, 6.07) is 6.64. The Morgan fingerprint density at radius 2 is 2.38 bits per heavy atom. The van der Waals surface area contributed by atoms with Crippen molar-refractivity contribution in [2.45, 2.75) is 31.5 Å². The summed E-state index contributed by atoms with van der Waals surface area (Å²) in [4.78, 5) is 6.98. The molecule has 0 amide bonds. The molecule has 0 bridgehead atoms. The SMILES string of the molecule is C=CCOC[C@@H]1CC[C@@H]2[C@H]1OCCN2Cc1ccccn1. The van der Waals surface area contributed by atoms with Crippen LogP contribution in [0.15, 0.2) is 37.1 Å². The number of hydrogen-bond donors (Lipinski definition) is 0. The van der Waals surface area contributed by atoms with Crippen LogP contribution in [0.4, 0.5) is 0 Å². The molecule has 1 aliphatic carbocycles. The van der Waals surface area contributed by atoms with Gasteiger partial charge in [0.1, 0.15) is 0 Å². The lowest BCUT2D eigenvalue weighted by molar-refractivity contribution is -0.0871. The first-order chi connectivity index (χ1) is 10.4. The van der Waals surface area contributed by atoms with E-state index >= 15 is 0 Å². The molecule has 1 aliphatic heterocycles. The van der Waals surface area contributed by atoms with E-state index in [0.29, 0.717) is 24.7 Å². The summed E-state index contributed by atoms with van der Waals surface area (Å²) < 4.78 is 11.7. The van der Waals surface area contributed by atoms with Crippen LogP contribution in [0.25, 0.3) is 0 Å². The predicted molar refractivity (Wildman–Crippen MR) is 81.9 cm³/mol. The molecule has 0 N–H and O–H groups in total. The monoisotopic (exact) mass is 288 g/mol. The molecule has 114 valence electrons. The zero-order valence-corrected chi connectivity index (χ0v) is 12.5. The van der Waals surface area contributed by atoms with Crippen molar-refractivity contribution in [3.63, 3.8) is 0 Å². The maximum atomic E-state index is 6.05. The third-order valence-corrected chi connectivity index (χ3v) is 4.49. The molecule has 2 aliphatic rings. The highest BCUT2D eigenvalue weighted by Crippen LogP contribution is 2.35. The fourth-order valence-corrected chi connectivity index (χ4v) is 3.51. The van der Waals surface area contributed by atoms with Gasteiger partial charge < -0.3 is 9.47 Å². The summed E-state index contributed by atoms with van der Waals surface area (Å²) in [5.41, 5.74) is 1.14. The molecule has 2 heterocycles. The zero-order valence-electron chi connectivity index (χ0n) is 12.5. The summed E-state index contributed by atoms with van der Waals surface area (Å²) in [5, 5.41) is 0. The average Bonchev–Trinajstić information content (AvgIpc) is 2.93. The Morgan fingerprint density at radius 3 is 3.19 bits per heavy atom.